The van der Waals surface area contributed by atoms with Gasteiger partial charge in [0, 0.05) is 6.42 Å². The van der Waals surface area contributed by atoms with E-state index in [-0.39, 0.29) is 6.42 Å². The van der Waals surface area contributed by atoms with Crippen LogP contribution in [0.1, 0.15) is 103 Å². The van der Waals surface area contributed by atoms with Gasteiger partial charge >= 0.3 is 17.9 Å². The fourth-order valence-electron chi connectivity index (χ4n) is 2.82. The topological polar surface area (TPSA) is 101 Å². The van der Waals surface area contributed by atoms with Crippen LogP contribution in [0.2, 0.25) is 0 Å². The van der Waals surface area contributed by atoms with E-state index in [9.17, 15) is 19.5 Å². The lowest BCUT2D eigenvalue weighted by Crippen LogP contribution is -2.28. The van der Waals surface area contributed by atoms with Gasteiger partial charge in [-0.05, 0) is 32.1 Å². The van der Waals surface area contributed by atoms with Crippen LogP contribution in [0.25, 0.3) is 0 Å². The molecule has 0 aromatic rings. The Kier molecular flexibility index (Phi) is 17.5. The lowest BCUT2D eigenvalue weighted by molar-refractivity contribution is -0.168. The summed E-state index contributed by atoms with van der Waals surface area (Å²) in [5.74, 6) is -3.23. The summed E-state index contributed by atoms with van der Waals surface area (Å²) in [5.41, 5.74) is 0. The van der Waals surface area contributed by atoms with E-state index in [4.69, 9.17) is 5.11 Å². The maximum absolute atomic E-state index is 11.5. The molecule has 0 radical (unpaired) electrons. The van der Waals surface area contributed by atoms with Crippen molar-refractivity contribution >= 4 is 17.9 Å². The number of esters is 2. The Morgan fingerprint density at radius 1 is 0.821 bits per heavy atom. The van der Waals surface area contributed by atoms with Crippen LogP contribution in [0, 0.1) is 0 Å². The normalized spacial score (nSPS) is 12.2. The number of carbonyl (C=O) groups is 3. The van der Waals surface area contributed by atoms with E-state index in [2.05, 4.69) is 23.8 Å². The first-order chi connectivity index (χ1) is 13.5. The molecule has 0 aliphatic carbocycles. The largest absolute Gasteiger partial charge is 0.481 e. The van der Waals surface area contributed by atoms with Crippen LogP contribution in [0.3, 0.4) is 0 Å². The van der Waals surface area contributed by atoms with Gasteiger partial charge in [-0.2, -0.15) is 0 Å². The Hall–Kier alpha value is -1.69. The monoisotopic (exact) mass is 398 g/mol. The van der Waals surface area contributed by atoms with E-state index in [1.54, 1.807) is 0 Å². The summed E-state index contributed by atoms with van der Waals surface area (Å²) >= 11 is 0. The Balaban J connectivity index is 3.45. The second kappa shape index (κ2) is 18.7. The van der Waals surface area contributed by atoms with Crippen molar-refractivity contribution in [3.8, 4) is 0 Å². The van der Waals surface area contributed by atoms with Crippen molar-refractivity contribution in [2.24, 2.45) is 0 Å². The fraction of sp³-hybridized carbons (Fsp3) is 0.773. The first kappa shape index (κ1) is 26.3. The van der Waals surface area contributed by atoms with Crippen molar-refractivity contribution in [2.75, 3.05) is 0 Å². The van der Waals surface area contributed by atoms with E-state index in [0.29, 0.717) is 6.42 Å². The summed E-state index contributed by atoms with van der Waals surface area (Å²) in [6.45, 7) is 2.23. The quantitative estimate of drug-likeness (QED) is 0.147. The molecule has 0 amide bonds. The minimum absolute atomic E-state index is 0.101. The number of aliphatic hydroxyl groups excluding tert-OH is 1. The first-order valence-corrected chi connectivity index (χ1v) is 10.8. The molecule has 6 nitrogen and oxygen atoms in total. The molecule has 0 bridgehead atoms. The summed E-state index contributed by atoms with van der Waals surface area (Å²) in [4.78, 5) is 33.1. The lowest BCUT2D eigenvalue weighted by Gasteiger charge is -2.07. The highest BCUT2D eigenvalue weighted by molar-refractivity contribution is 5.89. The van der Waals surface area contributed by atoms with Gasteiger partial charge in [0.15, 0.2) is 6.10 Å². The molecule has 0 saturated heterocycles. The number of carboxylic acid groups (broad SMARTS) is 1. The molecule has 0 aromatic carbocycles. The SMILES string of the molecule is CCCCCCCC/C=C\CCCCCCCC(=O)OC(=O)C(O)CC(=O)O. The number of carboxylic acids is 1. The Morgan fingerprint density at radius 3 is 1.86 bits per heavy atom. The van der Waals surface area contributed by atoms with E-state index in [0.717, 1.165) is 32.1 Å². The number of aliphatic hydroxyl groups is 1. The van der Waals surface area contributed by atoms with E-state index >= 15 is 0 Å². The van der Waals surface area contributed by atoms with Gasteiger partial charge in [-0.25, -0.2) is 4.79 Å². The number of unbranched alkanes of at least 4 members (excludes halogenated alkanes) is 11. The molecule has 1 unspecified atom stereocenters. The molecule has 2 N–H and O–H groups in total. The molecule has 0 saturated carbocycles. The van der Waals surface area contributed by atoms with Crippen molar-refractivity contribution < 1.29 is 29.3 Å². The van der Waals surface area contributed by atoms with E-state index in [1.165, 1.54) is 44.9 Å². The zero-order chi connectivity index (χ0) is 21.0. The molecule has 0 rings (SSSR count). The van der Waals surface area contributed by atoms with Gasteiger partial charge in [0.2, 0.25) is 0 Å². The standard InChI is InChI=1S/C22H38O6/c1-2-3-4-5-6-7-8-9-10-11-12-13-14-15-16-17-21(26)28-22(27)19(23)18-20(24)25/h9-10,19,23H,2-8,11-18H2,1H3,(H,24,25)/b10-9-. The van der Waals surface area contributed by atoms with Crippen LogP contribution in [0.5, 0.6) is 0 Å². The molecule has 1 atom stereocenters. The van der Waals surface area contributed by atoms with Gasteiger partial charge in [0.25, 0.3) is 0 Å². The van der Waals surface area contributed by atoms with Crippen LogP contribution in [0.15, 0.2) is 12.2 Å². The summed E-state index contributed by atoms with van der Waals surface area (Å²) in [6, 6.07) is 0. The van der Waals surface area contributed by atoms with Gasteiger partial charge in [-0.3, -0.25) is 9.59 Å². The highest BCUT2D eigenvalue weighted by Gasteiger charge is 2.22. The Morgan fingerprint density at radius 2 is 1.32 bits per heavy atom. The van der Waals surface area contributed by atoms with E-state index < -0.39 is 30.4 Å². The van der Waals surface area contributed by atoms with Gasteiger partial charge in [-0.15, -0.1) is 0 Å². The number of hydrogen-bond acceptors (Lipinski definition) is 5. The number of aliphatic carboxylic acids is 1. The predicted octanol–water partition coefficient (Wildman–Crippen LogP) is 4.93. The fourth-order valence-corrected chi connectivity index (χ4v) is 2.82. The zero-order valence-corrected chi connectivity index (χ0v) is 17.4. The Labute approximate surface area is 169 Å². The molecule has 0 aliphatic rings. The maximum atomic E-state index is 11.5. The minimum Gasteiger partial charge on any atom is -0.481 e. The van der Waals surface area contributed by atoms with Gasteiger partial charge in [0.05, 0.1) is 6.42 Å². The number of hydrogen-bond donors (Lipinski definition) is 2. The highest BCUT2D eigenvalue weighted by Crippen LogP contribution is 2.10. The average molecular weight is 399 g/mol. The second-order valence-electron chi connectivity index (χ2n) is 7.24. The van der Waals surface area contributed by atoms with Gasteiger partial charge < -0.3 is 14.9 Å². The molecular weight excluding hydrogens is 360 g/mol. The van der Waals surface area contributed by atoms with Crippen molar-refractivity contribution in [1.29, 1.82) is 0 Å². The summed E-state index contributed by atoms with van der Waals surface area (Å²) < 4.78 is 4.43. The summed E-state index contributed by atoms with van der Waals surface area (Å²) in [5, 5.41) is 17.7. The molecule has 6 heteroatoms. The third-order valence-corrected chi connectivity index (χ3v) is 4.50. The van der Waals surface area contributed by atoms with Crippen molar-refractivity contribution in [3.05, 3.63) is 12.2 Å². The molecular formula is C22H38O6. The number of rotatable bonds is 18. The van der Waals surface area contributed by atoms with Crippen LogP contribution in [-0.2, 0) is 19.1 Å². The van der Waals surface area contributed by atoms with Crippen LogP contribution < -0.4 is 0 Å². The summed E-state index contributed by atoms with van der Waals surface area (Å²) in [7, 11) is 0. The van der Waals surface area contributed by atoms with Crippen molar-refractivity contribution in [3.63, 3.8) is 0 Å². The van der Waals surface area contributed by atoms with Crippen LogP contribution >= 0.6 is 0 Å². The minimum atomic E-state index is -1.80. The van der Waals surface area contributed by atoms with Crippen LogP contribution in [-0.4, -0.2) is 34.2 Å². The first-order valence-electron chi connectivity index (χ1n) is 10.8. The van der Waals surface area contributed by atoms with Crippen molar-refractivity contribution in [1.82, 2.24) is 0 Å². The molecule has 0 fully saturated rings. The van der Waals surface area contributed by atoms with E-state index in [1.807, 2.05) is 0 Å². The molecule has 162 valence electrons. The van der Waals surface area contributed by atoms with Crippen molar-refractivity contribution in [2.45, 2.75) is 109 Å². The van der Waals surface area contributed by atoms with Gasteiger partial charge in [-0.1, -0.05) is 70.4 Å². The molecule has 0 aromatic heterocycles. The number of allylic oxidation sites excluding steroid dienone is 2. The Bertz CT molecular complexity index is 458. The van der Waals surface area contributed by atoms with Gasteiger partial charge in [0.1, 0.15) is 0 Å². The smallest absolute Gasteiger partial charge is 0.343 e. The number of carbonyl (C=O) groups excluding carboxylic acids is 2. The molecule has 0 heterocycles. The lowest BCUT2D eigenvalue weighted by atomic mass is 10.1. The number of ether oxygens (including phenoxy) is 1. The average Bonchev–Trinajstić information content (AvgIpc) is 2.64. The second-order valence-corrected chi connectivity index (χ2v) is 7.24. The molecule has 0 aliphatic heterocycles. The third kappa shape index (κ3) is 17.7. The molecule has 0 spiro atoms. The molecule has 28 heavy (non-hydrogen) atoms. The zero-order valence-electron chi connectivity index (χ0n) is 17.4. The maximum Gasteiger partial charge on any atom is 0.343 e. The predicted molar refractivity (Wildman–Crippen MR) is 109 cm³/mol. The highest BCUT2D eigenvalue weighted by atomic mass is 16.6. The summed E-state index contributed by atoms with van der Waals surface area (Å²) in [6.07, 6.45) is 17.1. The third-order valence-electron chi connectivity index (χ3n) is 4.50. The van der Waals surface area contributed by atoms with Crippen LogP contribution in [0.4, 0.5) is 0 Å².